The molecule has 2 aliphatic rings. The van der Waals surface area contributed by atoms with Crippen LogP contribution >= 0.6 is 0 Å². The van der Waals surface area contributed by atoms with Gasteiger partial charge in [-0.2, -0.15) is 0 Å². The zero-order chi connectivity index (χ0) is 24.0. The molecule has 2 unspecified atom stereocenters. The second-order valence-corrected chi connectivity index (χ2v) is 10.3. The van der Waals surface area contributed by atoms with Gasteiger partial charge in [-0.3, -0.25) is 9.69 Å². The minimum Gasteiger partial charge on any atom is -0.315 e. The van der Waals surface area contributed by atoms with Crippen molar-refractivity contribution >= 4 is 11.6 Å². The highest BCUT2D eigenvalue weighted by atomic mass is 16.2. The quantitative estimate of drug-likeness (QED) is 0.473. The fraction of sp³-hybridized carbons (Fsp3) is 0.387. The number of para-hydroxylation sites is 1. The lowest BCUT2D eigenvalue weighted by atomic mass is 9.87. The van der Waals surface area contributed by atoms with E-state index in [1.54, 1.807) is 0 Å². The predicted molar refractivity (Wildman–Crippen MR) is 143 cm³/mol. The molecule has 0 saturated carbocycles. The molecule has 0 aliphatic carbocycles. The summed E-state index contributed by atoms with van der Waals surface area (Å²) in [5.41, 5.74) is 3.83. The summed E-state index contributed by atoms with van der Waals surface area (Å²) in [6.45, 7) is 6.39. The Labute approximate surface area is 210 Å². The van der Waals surface area contributed by atoms with Gasteiger partial charge < -0.3 is 9.80 Å². The number of anilines is 1. The van der Waals surface area contributed by atoms with E-state index < -0.39 is 0 Å². The van der Waals surface area contributed by atoms with Gasteiger partial charge in [-0.1, -0.05) is 78.9 Å². The van der Waals surface area contributed by atoms with Gasteiger partial charge in [-0.05, 0) is 55.1 Å². The van der Waals surface area contributed by atoms with Crippen molar-refractivity contribution in [3.8, 4) is 0 Å². The second-order valence-electron chi connectivity index (χ2n) is 10.3. The average molecular weight is 468 g/mol. The monoisotopic (exact) mass is 467 g/mol. The fourth-order valence-electron chi connectivity index (χ4n) is 5.94. The third kappa shape index (κ3) is 5.83. The molecule has 3 aromatic rings. The summed E-state index contributed by atoms with van der Waals surface area (Å²) in [5.74, 6) is 1.55. The molecule has 35 heavy (non-hydrogen) atoms. The number of benzene rings is 3. The Morgan fingerprint density at radius 2 is 1.40 bits per heavy atom. The van der Waals surface area contributed by atoms with Crippen LogP contribution in [0.4, 0.5) is 5.69 Å². The van der Waals surface area contributed by atoms with E-state index in [1.165, 1.54) is 11.1 Å². The summed E-state index contributed by atoms with van der Waals surface area (Å²) in [6, 6.07) is 31.9. The predicted octanol–water partition coefficient (Wildman–Crippen LogP) is 5.28. The number of nitrogens with zero attached hydrogens (tertiary/aromatic N) is 3. The van der Waals surface area contributed by atoms with Crippen LogP contribution in [0.1, 0.15) is 29.9 Å². The highest BCUT2D eigenvalue weighted by Crippen LogP contribution is 2.35. The maximum absolute atomic E-state index is 13.1. The van der Waals surface area contributed by atoms with Gasteiger partial charge in [0.15, 0.2) is 0 Å². The van der Waals surface area contributed by atoms with Crippen molar-refractivity contribution in [1.82, 2.24) is 9.80 Å². The van der Waals surface area contributed by atoms with Gasteiger partial charge in [0.05, 0.1) is 0 Å². The molecule has 0 radical (unpaired) electrons. The molecule has 4 heteroatoms. The minimum absolute atomic E-state index is 0.125. The Bertz CT molecular complexity index is 1060. The molecule has 0 aromatic heterocycles. The van der Waals surface area contributed by atoms with E-state index in [4.69, 9.17) is 0 Å². The molecule has 182 valence electrons. The Balaban J connectivity index is 1.20. The van der Waals surface area contributed by atoms with E-state index in [9.17, 15) is 4.79 Å². The van der Waals surface area contributed by atoms with E-state index in [2.05, 4.69) is 70.5 Å². The zero-order valence-corrected chi connectivity index (χ0v) is 20.8. The molecular weight excluding hydrogens is 430 g/mol. The lowest BCUT2D eigenvalue weighted by molar-refractivity contribution is -0.123. The molecule has 2 saturated heterocycles. The zero-order valence-electron chi connectivity index (χ0n) is 20.8. The van der Waals surface area contributed by atoms with Gasteiger partial charge in [0.25, 0.3) is 0 Å². The number of rotatable bonds is 7. The molecule has 5 rings (SSSR count). The molecule has 0 spiro atoms. The fourth-order valence-corrected chi connectivity index (χ4v) is 5.94. The lowest BCUT2D eigenvalue weighted by Gasteiger charge is -2.35. The van der Waals surface area contributed by atoms with Crippen LogP contribution in [0.5, 0.6) is 0 Å². The summed E-state index contributed by atoms with van der Waals surface area (Å²) in [6.07, 6.45) is 1.90. The molecule has 2 heterocycles. The third-order valence-electron chi connectivity index (χ3n) is 7.90. The normalized spacial score (nSPS) is 21.7. The first-order valence-corrected chi connectivity index (χ1v) is 13.0. The summed E-state index contributed by atoms with van der Waals surface area (Å²) in [7, 11) is 1.91. The average Bonchev–Trinajstić information content (AvgIpc) is 3.31. The number of carbonyl (C=O) groups is 1. The minimum atomic E-state index is 0.125. The maximum Gasteiger partial charge on any atom is 0.229 e. The molecule has 3 aromatic carbocycles. The first-order chi connectivity index (χ1) is 17.2. The summed E-state index contributed by atoms with van der Waals surface area (Å²) >= 11 is 0. The number of hydrogen-bond donors (Lipinski definition) is 0. The van der Waals surface area contributed by atoms with Gasteiger partial charge in [0.1, 0.15) is 0 Å². The van der Waals surface area contributed by atoms with Crippen LogP contribution in [-0.4, -0.2) is 55.5 Å². The Morgan fingerprint density at radius 3 is 2.06 bits per heavy atom. The first-order valence-electron chi connectivity index (χ1n) is 13.0. The molecule has 0 N–H and O–H groups in total. The van der Waals surface area contributed by atoms with Crippen LogP contribution in [0.3, 0.4) is 0 Å². The SMILES string of the molecule is CN(C(=O)C1CCN(CC2CN(Cc3ccccc3)CC2c2ccccc2)CC1)c1ccccc1. The van der Waals surface area contributed by atoms with Crippen LogP contribution < -0.4 is 4.90 Å². The smallest absolute Gasteiger partial charge is 0.229 e. The van der Waals surface area contributed by atoms with Crippen LogP contribution in [0.2, 0.25) is 0 Å². The van der Waals surface area contributed by atoms with Gasteiger partial charge >= 0.3 is 0 Å². The second kappa shape index (κ2) is 11.2. The standard InChI is InChI=1S/C31H37N3O/c1-32(29-15-9-4-10-16-29)31(35)27-17-19-33(20-18-27)22-28-23-34(21-25-11-5-2-6-12-25)24-30(28)26-13-7-3-8-14-26/h2-16,27-28,30H,17-24H2,1H3. The van der Waals surface area contributed by atoms with Crippen LogP contribution in [0, 0.1) is 11.8 Å². The van der Waals surface area contributed by atoms with Gasteiger partial charge in [-0.15, -0.1) is 0 Å². The third-order valence-corrected chi connectivity index (χ3v) is 7.90. The molecule has 2 atom stereocenters. The highest BCUT2D eigenvalue weighted by Gasteiger charge is 2.36. The van der Waals surface area contributed by atoms with Crippen molar-refractivity contribution in [2.24, 2.45) is 11.8 Å². The van der Waals surface area contributed by atoms with Crippen molar-refractivity contribution in [3.63, 3.8) is 0 Å². The number of hydrogen-bond acceptors (Lipinski definition) is 3. The molecule has 0 bridgehead atoms. The largest absolute Gasteiger partial charge is 0.315 e. The van der Waals surface area contributed by atoms with Gasteiger partial charge in [0.2, 0.25) is 5.91 Å². The van der Waals surface area contributed by atoms with Gasteiger partial charge in [-0.25, -0.2) is 0 Å². The Kier molecular flexibility index (Phi) is 7.60. The molecule has 2 aliphatic heterocycles. The lowest BCUT2D eigenvalue weighted by Crippen LogP contribution is -2.43. The van der Waals surface area contributed by atoms with E-state index in [-0.39, 0.29) is 11.8 Å². The van der Waals surface area contributed by atoms with Crippen LogP contribution in [0.15, 0.2) is 91.0 Å². The number of piperidine rings is 1. The molecular formula is C31H37N3O. The van der Waals surface area contributed by atoms with E-state index >= 15 is 0 Å². The van der Waals surface area contributed by atoms with Crippen molar-refractivity contribution in [1.29, 1.82) is 0 Å². The maximum atomic E-state index is 13.1. The Morgan fingerprint density at radius 1 is 0.800 bits per heavy atom. The number of likely N-dealkylation sites (tertiary alicyclic amines) is 2. The van der Waals surface area contributed by atoms with Crippen LogP contribution in [0.25, 0.3) is 0 Å². The van der Waals surface area contributed by atoms with E-state index in [0.717, 1.165) is 57.8 Å². The van der Waals surface area contributed by atoms with Crippen molar-refractivity contribution in [2.75, 3.05) is 44.7 Å². The molecule has 4 nitrogen and oxygen atoms in total. The van der Waals surface area contributed by atoms with Crippen molar-refractivity contribution in [3.05, 3.63) is 102 Å². The van der Waals surface area contributed by atoms with Crippen molar-refractivity contribution < 1.29 is 4.79 Å². The van der Waals surface area contributed by atoms with Crippen molar-refractivity contribution in [2.45, 2.75) is 25.3 Å². The van der Waals surface area contributed by atoms with Crippen LogP contribution in [-0.2, 0) is 11.3 Å². The van der Waals surface area contributed by atoms with Gasteiger partial charge in [0, 0.05) is 50.7 Å². The number of carbonyl (C=O) groups excluding carboxylic acids is 1. The first kappa shape index (κ1) is 23.8. The summed E-state index contributed by atoms with van der Waals surface area (Å²) in [5, 5.41) is 0. The summed E-state index contributed by atoms with van der Waals surface area (Å²) in [4.78, 5) is 20.2. The summed E-state index contributed by atoms with van der Waals surface area (Å²) < 4.78 is 0. The molecule has 1 amide bonds. The topological polar surface area (TPSA) is 26.8 Å². The van der Waals surface area contributed by atoms with E-state index in [0.29, 0.717) is 11.8 Å². The number of amides is 1. The molecule has 2 fully saturated rings. The Hall–Kier alpha value is -2.95. The highest BCUT2D eigenvalue weighted by molar-refractivity contribution is 5.94. The van der Waals surface area contributed by atoms with E-state index in [1.807, 2.05) is 42.3 Å².